The standard InChI is InChI=1S/C10H9ClN2O/c11-10-6(4-12)5-13-9-2-1-7(14)3-8(9)10/h1-3,5,14H,4,12H2. The summed E-state index contributed by atoms with van der Waals surface area (Å²) in [5, 5.41) is 10.6. The second-order valence-corrected chi connectivity index (χ2v) is 3.38. The molecule has 0 radical (unpaired) electrons. The predicted octanol–water partition coefficient (Wildman–Crippen LogP) is 2.05. The molecule has 0 amide bonds. The SMILES string of the molecule is NCc1cnc2ccc(O)cc2c1Cl. The zero-order chi connectivity index (χ0) is 10.1. The second kappa shape index (κ2) is 3.44. The van der Waals surface area contributed by atoms with Crippen LogP contribution >= 0.6 is 11.6 Å². The molecule has 0 fully saturated rings. The molecule has 1 aromatic heterocycles. The lowest BCUT2D eigenvalue weighted by atomic mass is 10.1. The highest BCUT2D eigenvalue weighted by Gasteiger charge is 2.05. The van der Waals surface area contributed by atoms with Crippen LogP contribution in [0.4, 0.5) is 0 Å². The minimum Gasteiger partial charge on any atom is -0.508 e. The number of aromatic nitrogens is 1. The number of aromatic hydroxyl groups is 1. The Hall–Kier alpha value is -1.32. The Balaban J connectivity index is 2.79. The summed E-state index contributed by atoms with van der Waals surface area (Å²) in [6.45, 7) is 0.345. The third-order valence-electron chi connectivity index (χ3n) is 2.08. The summed E-state index contributed by atoms with van der Waals surface area (Å²) < 4.78 is 0. The highest BCUT2D eigenvalue weighted by atomic mass is 35.5. The van der Waals surface area contributed by atoms with Gasteiger partial charge in [-0.3, -0.25) is 4.98 Å². The van der Waals surface area contributed by atoms with Gasteiger partial charge in [-0.1, -0.05) is 11.6 Å². The van der Waals surface area contributed by atoms with Gasteiger partial charge in [-0.15, -0.1) is 0 Å². The average molecular weight is 209 g/mol. The second-order valence-electron chi connectivity index (χ2n) is 3.00. The zero-order valence-corrected chi connectivity index (χ0v) is 8.12. The molecule has 4 heteroatoms. The predicted molar refractivity (Wildman–Crippen MR) is 56.3 cm³/mol. The number of rotatable bonds is 1. The van der Waals surface area contributed by atoms with Crippen molar-refractivity contribution in [1.82, 2.24) is 4.98 Å². The Kier molecular flexibility index (Phi) is 2.27. The molecule has 72 valence electrons. The molecule has 0 bridgehead atoms. The van der Waals surface area contributed by atoms with Gasteiger partial charge in [-0.25, -0.2) is 0 Å². The number of nitrogens with two attached hydrogens (primary N) is 1. The van der Waals surface area contributed by atoms with Crippen molar-refractivity contribution in [2.24, 2.45) is 5.73 Å². The molecule has 1 aromatic carbocycles. The summed E-state index contributed by atoms with van der Waals surface area (Å²) >= 11 is 6.08. The largest absolute Gasteiger partial charge is 0.508 e. The van der Waals surface area contributed by atoms with Crippen molar-refractivity contribution in [3.8, 4) is 5.75 Å². The average Bonchev–Trinajstić information content (AvgIpc) is 2.20. The topological polar surface area (TPSA) is 59.1 Å². The first kappa shape index (κ1) is 9.24. The van der Waals surface area contributed by atoms with Crippen LogP contribution in [0, 0.1) is 0 Å². The first-order valence-electron chi connectivity index (χ1n) is 4.18. The fraction of sp³-hybridized carbons (Fsp3) is 0.100. The number of nitrogens with zero attached hydrogens (tertiary/aromatic N) is 1. The van der Waals surface area contributed by atoms with Crippen molar-refractivity contribution >= 4 is 22.5 Å². The quantitative estimate of drug-likeness (QED) is 0.754. The van der Waals surface area contributed by atoms with E-state index in [-0.39, 0.29) is 5.75 Å². The van der Waals surface area contributed by atoms with Crippen LogP contribution in [0.1, 0.15) is 5.56 Å². The van der Waals surface area contributed by atoms with Gasteiger partial charge in [-0.2, -0.15) is 0 Å². The van der Waals surface area contributed by atoms with Crippen molar-refractivity contribution in [2.45, 2.75) is 6.54 Å². The normalized spacial score (nSPS) is 10.7. The first-order chi connectivity index (χ1) is 6.72. The fourth-order valence-corrected chi connectivity index (χ4v) is 1.61. The van der Waals surface area contributed by atoms with Gasteiger partial charge >= 0.3 is 0 Å². The molecule has 2 aromatic rings. The zero-order valence-electron chi connectivity index (χ0n) is 7.37. The van der Waals surface area contributed by atoms with Crippen LogP contribution in [0.25, 0.3) is 10.9 Å². The molecule has 0 saturated carbocycles. The van der Waals surface area contributed by atoms with Crippen LogP contribution < -0.4 is 5.73 Å². The lowest BCUT2D eigenvalue weighted by Crippen LogP contribution is -1.98. The Morgan fingerprint density at radius 1 is 1.43 bits per heavy atom. The molecular weight excluding hydrogens is 200 g/mol. The summed E-state index contributed by atoms with van der Waals surface area (Å²) in [5.41, 5.74) is 7.03. The summed E-state index contributed by atoms with van der Waals surface area (Å²) in [4.78, 5) is 4.18. The van der Waals surface area contributed by atoms with E-state index in [4.69, 9.17) is 17.3 Å². The molecule has 14 heavy (non-hydrogen) atoms. The monoisotopic (exact) mass is 208 g/mol. The molecule has 0 atom stereocenters. The van der Waals surface area contributed by atoms with Crippen LogP contribution in [0.5, 0.6) is 5.75 Å². The first-order valence-corrected chi connectivity index (χ1v) is 4.56. The lowest BCUT2D eigenvalue weighted by molar-refractivity contribution is 0.476. The van der Waals surface area contributed by atoms with E-state index in [1.807, 2.05) is 0 Å². The smallest absolute Gasteiger partial charge is 0.116 e. The van der Waals surface area contributed by atoms with Gasteiger partial charge in [0.15, 0.2) is 0 Å². The van der Waals surface area contributed by atoms with E-state index in [0.29, 0.717) is 11.6 Å². The van der Waals surface area contributed by atoms with E-state index in [1.54, 1.807) is 24.4 Å². The number of pyridine rings is 1. The van der Waals surface area contributed by atoms with Crippen LogP contribution in [-0.4, -0.2) is 10.1 Å². The Labute approximate surface area is 86.1 Å². The Morgan fingerprint density at radius 3 is 2.93 bits per heavy atom. The summed E-state index contributed by atoms with van der Waals surface area (Å²) in [6.07, 6.45) is 1.65. The molecule has 1 heterocycles. The van der Waals surface area contributed by atoms with Gasteiger partial charge < -0.3 is 10.8 Å². The van der Waals surface area contributed by atoms with E-state index < -0.39 is 0 Å². The lowest BCUT2D eigenvalue weighted by Gasteiger charge is -2.04. The summed E-state index contributed by atoms with van der Waals surface area (Å²) in [7, 11) is 0. The van der Waals surface area contributed by atoms with E-state index in [9.17, 15) is 5.11 Å². The van der Waals surface area contributed by atoms with Crippen molar-refractivity contribution in [2.75, 3.05) is 0 Å². The Bertz CT molecular complexity index is 485. The third-order valence-corrected chi connectivity index (χ3v) is 2.52. The maximum Gasteiger partial charge on any atom is 0.116 e. The van der Waals surface area contributed by atoms with E-state index in [2.05, 4.69) is 4.98 Å². The summed E-state index contributed by atoms with van der Waals surface area (Å²) in [5.74, 6) is 0.176. The molecule has 0 aliphatic carbocycles. The van der Waals surface area contributed by atoms with Crippen LogP contribution in [0.15, 0.2) is 24.4 Å². The molecule has 2 rings (SSSR count). The van der Waals surface area contributed by atoms with E-state index in [1.165, 1.54) is 0 Å². The van der Waals surface area contributed by atoms with Gasteiger partial charge in [0.25, 0.3) is 0 Å². The van der Waals surface area contributed by atoms with Crippen molar-refractivity contribution in [3.05, 3.63) is 35.0 Å². The van der Waals surface area contributed by atoms with Gasteiger partial charge in [0.1, 0.15) is 5.75 Å². The molecule has 3 N–H and O–H groups in total. The highest BCUT2D eigenvalue weighted by Crippen LogP contribution is 2.27. The number of benzene rings is 1. The molecule has 0 aliphatic rings. The van der Waals surface area contributed by atoms with Crippen molar-refractivity contribution in [1.29, 1.82) is 0 Å². The fourth-order valence-electron chi connectivity index (χ4n) is 1.33. The van der Waals surface area contributed by atoms with Crippen LogP contribution in [-0.2, 0) is 6.54 Å². The van der Waals surface area contributed by atoms with Crippen LogP contribution in [0.2, 0.25) is 5.02 Å². The van der Waals surface area contributed by atoms with Gasteiger partial charge in [0.05, 0.1) is 10.5 Å². The molecule has 3 nitrogen and oxygen atoms in total. The van der Waals surface area contributed by atoms with Crippen molar-refractivity contribution < 1.29 is 5.11 Å². The number of phenolic OH excluding ortho intramolecular Hbond substituents is 1. The van der Waals surface area contributed by atoms with Gasteiger partial charge in [-0.05, 0) is 18.2 Å². The minimum atomic E-state index is 0.176. The van der Waals surface area contributed by atoms with Crippen molar-refractivity contribution in [3.63, 3.8) is 0 Å². The van der Waals surface area contributed by atoms with Gasteiger partial charge in [0.2, 0.25) is 0 Å². The minimum absolute atomic E-state index is 0.176. The van der Waals surface area contributed by atoms with E-state index >= 15 is 0 Å². The third kappa shape index (κ3) is 1.41. The molecule has 0 unspecified atom stereocenters. The summed E-state index contributed by atoms with van der Waals surface area (Å²) in [6, 6.07) is 4.88. The number of phenols is 1. The maximum absolute atomic E-state index is 9.30. The number of halogens is 1. The molecular formula is C10H9ClN2O. The highest BCUT2D eigenvalue weighted by molar-refractivity contribution is 6.36. The van der Waals surface area contributed by atoms with Crippen LogP contribution in [0.3, 0.4) is 0 Å². The number of hydrogen-bond acceptors (Lipinski definition) is 3. The maximum atomic E-state index is 9.30. The molecule has 0 aliphatic heterocycles. The Morgan fingerprint density at radius 2 is 2.21 bits per heavy atom. The molecule has 0 spiro atoms. The van der Waals surface area contributed by atoms with Gasteiger partial charge in [0, 0.05) is 23.7 Å². The number of fused-ring (bicyclic) bond motifs is 1. The molecule has 0 saturated heterocycles. The van der Waals surface area contributed by atoms with E-state index in [0.717, 1.165) is 16.5 Å². The number of hydrogen-bond donors (Lipinski definition) is 2.